The molecule has 2 rings (SSSR count). The maximum atomic E-state index is 5.51. The summed E-state index contributed by atoms with van der Waals surface area (Å²) in [6.07, 6.45) is 0. The molecular formula is C15H22N2O. The minimum Gasteiger partial charge on any atom is -0.494 e. The molecule has 0 radical (unpaired) electrons. The van der Waals surface area contributed by atoms with Crippen LogP contribution in [0, 0.1) is 5.92 Å². The number of hydrogen-bond acceptors (Lipinski definition) is 2. The normalized spacial score (nSPS) is 11.3. The molecular weight excluding hydrogens is 224 g/mol. The number of hydrogen-bond donors (Lipinski definition) is 2. The SMILES string of the molecule is CCOc1ccc2[nH]c(CNCC(C)C)cc2c1. The first-order valence-corrected chi connectivity index (χ1v) is 6.64. The summed E-state index contributed by atoms with van der Waals surface area (Å²) in [5.41, 5.74) is 2.39. The van der Waals surface area contributed by atoms with Gasteiger partial charge in [-0.3, -0.25) is 0 Å². The van der Waals surface area contributed by atoms with Crippen molar-refractivity contribution in [3.8, 4) is 5.75 Å². The highest BCUT2D eigenvalue weighted by Crippen LogP contribution is 2.21. The molecule has 1 aromatic carbocycles. The summed E-state index contributed by atoms with van der Waals surface area (Å²) in [6.45, 7) is 9.07. The Morgan fingerprint density at radius 1 is 1.28 bits per heavy atom. The van der Waals surface area contributed by atoms with Gasteiger partial charge in [0.25, 0.3) is 0 Å². The monoisotopic (exact) mass is 246 g/mol. The summed E-state index contributed by atoms with van der Waals surface area (Å²) < 4.78 is 5.51. The minimum atomic E-state index is 0.680. The molecule has 0 atom stereocenters. The molecule has 18 heavy (non-hydrogen) atoms. The number of aromatic nitrogens is 1. The van der Waals surface area contributed by atoms with E-state index in [2.05, 4.69) is 42.3 Å². The van der Waals surface area contributed by atoms with Crippen molar-refractivity contribution in [2.24, 2.45) is 5.92 Å². The molecule has 3 heteroatoms. The van der Waals surface area contributed by atoms with Crippen molar-refractivity contribution >= 4 is 10.9 Å². The van der Waals surface area contributed by atoms with E-state index < -0.39 is 0 Å². The van der Waals surface area contributed by atoms with Crippen LogP contribution in [-0.4, -0.2) is 18.1 Å². The first-order valence-electron chi connectivity index (χ1n) is 6.64. The van der Waals surface area contributed by atoms with E-state index in [9.17, 15) is 0 Å². The van der Waals surface area contributed by atoms with E-state index in [-0.39, 0.29) is 0 Å². The molecule has 0 saturated carbocycles. The van der Waals surface area contributed by atoms with Crippen molar-refractivity contribution in [1.29, 1.82) is 0 Å². The van der Waals surface area contributed by atoms with Crippen LogP contribution in [-0.2, 0) is 6.54 Å². The fourth-order valence-corrected chi connectivity index (χ4v) is 2.02. The third kappa shape index (κ3) is 3.26. The molecule has 98 valence electrons. The van der Waals surface area contributed by atoms with Gasteiger partial charge in [0.15, 0.2) is 0 Å². The van der Waals surface area contributed by atoms with Crippen molar-refractivity contribution in [2.75, 3.05) is 13.2 Å². The fourth-order valence-electron chi connectivity index (χ4n) is 2.02. The Morgan fingerprint density at radius 2 is 2.11 bits per heavy atom. The van der Waals surface area contributed by atoms with Gasteiger partial charge in [0.1, 0.15) is 5.75 Å². The van der Waals surface area contributed by atoms with Gasteiger partial charge in [-0.05, 0) is 43.7 Å². The van der Waals surface area contributed by atoms with E-state index in [4.69, 9.17) is 4.74 Å². The molecule has 0 aliphatic carbocycles. The number of aromatic amines is 1. The molecule has 3 nitrogen and oxygen atoms in total. The van der Waals surface area contributed by atoms with Gasteiger partial charge < -0.3 is 15.0 Å². The van der Waals surface area contributed by atoms with Gasteiger partial charge >= 0.3 is 0 Å². The molecule has 0 aliphatic heterocycles. The van der Waals surface area contributed by atoms with Crippen LogP contribution in [0.3, 0.4) is 0 Å². The third-order valence-electron chi connectivity index (χ3n) is 2.83. The molecule has 2 aromatic rings. The number of ether oxygens (including phenoxy) is 1. The van der Waals surface area contributed by atoms with E-state index in [1.807, 2.05) is 13.0 Å². The Labute approximate surface area is 109 Å². The van der Waals surface area contributed by atoms with Gasteiger partial charge in [-0.25, -0.2) is 0 Å². The maximum Gasteiger partial charge on any atom is 0.120 e. The summed E-state index contributed by atoms with van der Waals surface area (Å²) in [7, 11) is 0. The summed E-state index contributed by atoms with van der Waals surface area (Å²) >= 11 is 0. The Morgan fingerprint density at radius 3 is 2.83 bits per heavy atom. The fraction of sp³-hybridized carbons (Fsp3) is 0.467. The molecule has 1 heterocycles. The zero-order valence-electron chi connectivity index (χ0n) is 11.4. The molecule has 1 aromatic heterocycles. The highest BCUT2D eigenvalue weighted by molar-refractivity contribution is 5.81. The Balaban J connectivity index is 2.07. The number of H-pyrrole nitrogens is 1. The second kappa shape index (κ2) is 5.91. The standard InChI is InChI=1S/C15H22N2O/c1-4-18-14-5-6-15-12(8-14)7-13(17-15)10-16-9-11(2)3/h5-8,11,16-17H,4,9-10H2,1-3H3. The van der Waals surface area contributed by atoms with Gasteiger partial charge in [-0.1, -0.05) is 13.8 Å². The van der Waals surface area contributed by atoms with E-state index >= 15 is 0 Å². The summed E-state index contributed by atoms with van der Waals surface area (Å²) in [4.78, 5) is 3.42. The van der Waals surface area contributed by atoms with Gasteiger partial charge in [0.05, 0.1) is 6.61 Å². The number of nitrogens with one attached hydrogen (secondary N) is 2. The molecule has 0 bridgehead atoms. The molecule has 0 fully saturated rings. The second-order valence-electron chi connectivity index (χ2n) is 5.00. The summed E-state index contributed by atoms with van der Waals surface area (Å²) in [5.74, 6) is 1.62. The lowest BCUT2D eigenvalue weighted by Gasteiger charge is -2.05. The number of fused-ring (bicyclic) bond motifs is 1. The topological polar surface area (TPSA) is 37.0 Å². The quantitative estimate of drug-likeness (QED) is 0.820. The molecule has 0 amide bonds. The van der Waals surface area contributed by atoms with Crippen LogP contribution in [0.4, 0.5) is 0 Å². The molecule has 0 aliphatic rings. The largest absolute Gasteiger partial charge is 0.494 e. The summed E-state index contributed by atoms with van der Waals surface area (Å²) in [5, 5.41) is 4.65. The van der Waals surface area contributed by atoms with Crippen LogP contribution in [0.25, 0.3) is 10.9 Å². The van der Waals surface area contributed by atoms with Crippen LogP contribution < -0.4 is 10.1 Å². The predicted octanol–water partition coefficient (Wildman–Crippen LogP) is 3.31. The second-order valence-corrected chi connectivity index (χ2v) is 5.00. The highest BCUT2D eigenvalue weighted by Gasteiger charge is 2.02. The van der Waals surface area contributed by atoms with Crippen molar-refractivity contribution in [3.63, 3.8) is 0 Å². The minimum absolute atomic E-state index is 0.680. The zero-order valence-corrected chi connectivity index (χ0v) is 11.4. The lowest BCUT2D eigenvalue weighted by Crippen LogP contribution is -2.18. The van der Waals surface area contributed by atoms with Gasteiger partial charge in [-0.15, -0.1) is 0 Å². The van der Waals surface area contributed by atoms with Crippen molar-refractivity contribution in [3.05, 3.63) is 30.0 Å². The van der Waals surface area contributed by atoms with Crippen LogP contribution in [0.1, 0.15) is 26.5 Å². The molecule has 0 unspecified atom stereocenters. The Kier molecular flexibility index (Phi) is 4.26. The van der Waals surface area contributed by atoms with Gasteiger partial charge in [0.2, 0.25) is 0 Å². The zero-order chi connectivity index (χ0) is 13.0. The highest BCUT2D eigenvalue weighted by atomic mass is 16.5. The van der Waals surface area contributed by atoms with Crippen LogP contribution in [0.15, 0.2) is 24.3 Å². The van der Waals surface area contributed by atoms with Crippen molar-refractivity contribution in [1.82, 2.24) is 10.3 Å². The predicted molar refractivity (Wildman–Crippen MR) is 76.0 cm³/mol. The average Bonchev–Trinajstić information content (AvgIpc) is 2.71. The van der Waals surface area contributed by atoms with E-state index in [1.165, 1.54) is 16.6 Å². The van der Waals surface area contributed by atoms with E-state index in [0.29, 0.717) is 12.5 Å². The lowest BCUT2D eigenvalue weighted by atomic mass is 10.2. The van der Waals surface area contributed by atoms with Crippen molar-refractivity contribution < 1.29 is 4.74 Å². The first kappa shape index (κ1) is 13.0. The molecule has 0 saturated heterocycles. The maximum absolute atomic E-state index is 5.51. The third-order valence-corrected chi connectivity index (χ3v) is 2.83. The summed E-state index contributed by atoms with van der Waals surface area (Å²) in [6, 6.07) is 8.35. The molecule has 0 spiro atoms. The number of rotatable bonds is 6. The average molecular weight is 246 g/mol. The van der Waals surface area contributed by atoms with Crippen LogP contribution in [0.5, 0.6) is 5.75 Å². The number of benzene rings is 1. The van der Waals surface area contributed by atoms with Crippen LogP contribution in [0.2, 0.25) is 0 Å². The smallest absolute Gasteiger partial charge is 0.120 e. The van der Waals surface area contributed by atoms with E-state index in [1.54, 1.807) is 0 Å². The van der Waals surface area contributed by atoms with E-state index in [0.717, 1.165) is 18.8 Å². The van der Waals surface area contributed by atoms with Gasteiger partial charge in [0, 0.05) is 23.1 Å². The van der Waals surface area contributed by atoms with Crippen LogP contribution >= 0.6 is 0 Å². The van der Waals surface area contributed by atoms with Gasteiger partial charge in [-0.2, -0.15) is 0 Å². The van der Waals surface area contributed by atoms with Crippen molar-refractivity contribution in [2.45, 2.75) is 27.3 Å². The molecule has 2 N–H and O–H groups in total. The first-order chi connectivity index (χ1) is 8.69. The Bertz CT molecular complexity index is 502. The lowest BCUT2D eigenvalue weighted by molar-refractivity contribution is 0.341. The Hall–Kier alpha value is -1.48.